The molecule has 0 atom stereocenters. The first-order valence-electron chi connectivity index (χ1n) is 7.27. The highest BCUT2D eigenvalue weighted by atomic mass is 16.3. The van der Waals surface area contributed by atoms with E-state index in [4.69, 9.17) is 10.2 Å². The van der Waals surface area contributed by atoms with Crippen LogP contribution in [0.3, 0.4) is 0 Å². The Kier molecular flexibility index (Phi) is 11.5. The molecule has 0 fully saturated rings. The zero-order valence-corrected chi connectivity index (χ0v) is 13.4. The van der Waals surface area contributed by atoms with Crippen molar-refractivity contribution in [2.24, 2.45) is 0 Å². The van der Waals surface area contributed by atoms with Crippen molar-refractivity contribution in [1.82, 2.24) is 5.32 Å². The van der Waals surface area contributed by atoms with Crippen molar-refractivity contribution in [3.05, 3.63) is 59.7 Å². The van der Waals surface area contributed by atoms with Crippen molar-refractivity contribution in [3.63, 3.8) is 0 Å². The maximum Gasteiger partial charge on any atom is 0.153 e. The minimum atomic E-state index is 0.0347. The maximum absolute atomic E-state index is 10.1. The predicted octanol–water partition coefficient (Wildman–Crippen LogP) is 3.03. The molecule has 0 radical (unpaired) electrons. The highest BCUT2D eigenvalue weighted by Gasteiger charge is 1.93. The second-order valence-corrected chi connectivity index (χ2v) is 4.31. The van der Waals surface area contributed by atoms with Crippen molar-refractivity contribution < 1.29 is 19.8 Å². The van der Waals surface area contributed by atoms with E-state index in [2.05, 4.69) is 19.2 Å². The molecule has 2 aromatic carbocycles. The zero-order valence-electron chi connectivity index (χ0n) is 13.4. The van der Waals surface area contributed by atoms with Crippen LogP contribution in [-0.4, -0.2) is 35.9 Å². The van der Waals surface area contributed by atoms with Gasteiger partial charge in [0.25, 0.3) is 0 Å². The monoisotopic (exact) mass is 317 g/mol. The minimum absolute atomic E-state index is 0.0347. The molecule has 0 bridgehead atoms. The normalized spacial score (nSPS) is 8.78. The molecule has 23 heavy (non-hydrogen) atoms. The van der Waals surface area contributed by atoms with Gasteiger partial charge in [0.05, 0.1) is 11.1 Å². The van der Waals surface area contributed by atoms with Crippen molar-refractivity contribution >= 4 is 12.6 Å². The number of carbonyl (C=O) groups is 2. The lowest BCUT2D eigenvalue weighted by Gasteiger charge is -1.91. The van der Waals surface area contributed by atoms with Crippen LogP contribution in [-0.2, 0) is 0 Å². The van der Waals surface area contributed by atoms with Gasteiger partial charge in [-0.25, -0.2) is 0 Å². The fourth-order valence-electron chi connectivity index (χ4n) is 1.42. The summed E-state index contributed by atoms with van der Waals surface area (Å²) in [5.41, 5.74) is 0.662. The van der Waals surface area contributed by atoms with Crippen LogP contribution >= 0.6 is 0 Å². The van der Waals surface area contributed by atoms with Crippen molar-refractivity contribution in [2.45, 2.75) is 13.8 Å². The van der Waals surface area contributed by atoms with Gasteiger partial charge in [-0.15, -0.1) is 0 Å². The van der Waals surface area contributed by atoms with Gasteiger partial charge in [-0.1, -0.05) is 38.1 Å². The smallest absolute Gasteiger partial charge is 0.153 e. The van der Waals surface area contributed by atoms with Crippen LogP contribution in [0.2, 0.25) is 0 Å². The number of hydrogen-bond donors (Lipinski definition) is 3. The summed E-state index contributed by atoms with van der Waals surface area (Å²) in [5.74, 6) is 0.0694. The largest absolute Gasteiger partial charge is 0.507 e. The minimum Gasteiger partial charge on any atom is -0.507 e. The van der Waals surface area contributed by atoms with Gasteiger partial charge >= 0.3 is 0 Å². The Labute approximate surface area is 136 Å². The van der Waals surface area contributed by atoms with Crippen molar-refractivity contribution in [2.75, 3.05) is 13.1 Å². The molecule has 124 valence electrons. The second kappa shape index (κ2) is 13.0. The number of carbonyl (C=O) groups excluding carboxylic acids is 2. The van der Waals surface area contributed by atoms with E-state index in [0.717, 1.165) is 13.1 Å². The van der Waals surface area contributed by atoms with E-state index in [-0.39, 0.29) is 11.5 Å². The summed E-state index contributed by atoms with van der Waals surface area (Å²) in [5, 5.41) is 20.9. The SMILES string of the molecule is CCNCC.O=Cc1ccccc1O.O=Cc1ccccc1O. The van der Waals surface area contributed by atoms with E-state index in [1.807, 2.05) is 0 Å². The lowest BCUT2D eigenvalue weighted by Crippen LogP contribution is -2.09. The summed E-state index contributed by atoms with van der Waals surface area (Å²) in [7, 11) is 0. The van der Waals surface area contributed by atoms with Gasteiger partial charge in [0.1, 0.15) is 11.5 Å². The topological polar surface area (TPSA) is 86.6 Å². The lowest BCUT2D eigenvalue weighted by atomic mass is 10.2. The Morgan fingerprint density at radius 2 is 1.13 bits per heavy atom. The number of rotatable bonds is 4. The first-order valence-corrected chi connectivity index (χ1v) is 7.27. The van der Waals surface area contributed by atoms with E-state index >= 15 is 0 Å². The molecule has 3 N–H and O–H groups in total. The van der Waals surface area contributed by atoms with Gasteiger partial charge in [0.15, 0.2) is 12.6 Å². The number of phenols is 2. The molecule has 0 aliphatic rings. The second-order valence-electron chi connectivity index (χ2n) is 4.31. The molecule has 0 heterocycles. The van der Waals surface area contributed by atoms with Gasteiger partial charge in [-0.2, -0.15) is 0 Å². The molecular formula is C18H23NO4. The number of hydrogen-bond acceptors (Lipinski definition) is 5. The summed E-state index contributed by atoms with van der Waals surface area (Å²) >= 11 is 0. The lowest BCUT2D eigenvalue weighted by molar-refractivity contribution is 0.111. The van der Waals surface area contributed by atoms with E-state index in [1.165, 1.54) is 12.1 Å². The summed E-state index contributed by atoms with van der Waals surface area (Å²) in [4.78, 5) is 20.1. The van der Waals surface area contributed by atoms with Crippen LogP contribution < -0.4 is 5.32 Å². The molecular weight excluding hydrogens is 294 g/mol. The standard InChI is InChI=1S/2C7H6O2.C4H11N/c2*8-5-6-3-1-2-4-7(6)9;1-3-5-4-2/h2*1-5,9H;5H,3-4H2,1-2H3. The molecule has 0 saturated heterocycles. The summed E-state index contributed by atoms with van der Waals surface area (Å²) < 4.78 is 0. The molecule has 0 unspecified atom stereocenters. The molecule has 0 saturated carbocycles. The van der Waals surface area contributed by atoms with E-state index in [0.29, 0.717) is 23.7 Å². The molecule has 2 rings (SSSR count). The van der Waals surface area contributed by atoms with Crippen molar-refractivity contribution in [3.8, 4) is 11.5 Å². The molecule has 0 aromatic heterocycles. The first kappa shape index (κ1) is 20.3. The molecule has 0 spiro atoms. The summed E-state index contributed by atoms with van der Waals surface area (Å²) in [6.07, 6.45) is 1.24. The van der Waals surface area contributed by atoms with Gasteiger partial charge in [-0.3, -0.25) is 9.59 Å². The van der Waals surface area contributed by atoms with E-state index in [9.17, 15) is 9.59 Å². The predicted molar refractivity (Wildman–Crippen MR) is 91.2 cm³/mol. The van der Waals surface area contributed by atoms with E-state index < -0.39 is 0 Å². The average molecular weight is 317 g/mol. The number of benzene rings is 2. The fraction of sp³-hybridized carbons (Fsp3) is 0.222. The highest BCUT2D eigenvalue weighted by molar-refractivity contribution is 5.79. The number of aromatic hydroxyl groups is 2. The first-order chi connectivity index (χ1) is 11.1. The van der Waals surface area contributed by atoms with Gasteiger partial charge in [-0.05, 0) is 37.4 Å². The molecule has 0 amide bonds. The number of phenolic OH excluding ortho intramolecular Hbond substituents is 2. The van der Waals surface area contributed by atoms with Crippen LogP contribution in [0, 0.1) is 0 Å². The number of para-hydroxylation sites is 2. The molecule has 5 nitrogen and oxygen atoms in total. The van der Waals surface area contributed by atoms with Crippen LogP contribution in [0.15, 0.2) is 48.5 Å². The molecule has 0 aliphatic heterocycles. The third-order valence-electron chi connectivity index (χ3n) is 2.63. The van der Waals surface area contributed by atoms with E-state index in [1.54, 1.807) is 36.4 Å². The van der Waals surface area contributed by atoms with Crippen LogP contribution in [0.1, 0.15) is 34.6 Å². The Morgan fingerprint density at radius 3 is 1.30 bits per heavy atom. The van der Waals surface area contributed by atoms with Gasteiger partial charge in [0.2, 0.25) is 0 Å². The summed E-state index contributed by atoms with van der Waals surface area (Å²) in [6, 6.07) is 12.8. The van der Waals surface area contributed by atoms with Gasteiger partial charge < -0.3 is 15.5 Å². The van der Waals surface area contributed by atoms with Crippen LogP contribution in [0.4, 0.5) is 0 Å². The maximum atomic E-state index is 10.1. The molecule has 2 aromatic rings. The van der Waals surface area contributed by atoms with Crippen LogP contribution in [0.5, 0.6) is 11.5 Å². The highest BCUT2D eigenvalue weighted by Crippen LogP contribution is 2.12. The Morgan fingerprint density at radius 1 is 0.783 bits per heavy atom. The summed E-state index contributed by atoms with van der Waals surface area (Å²) in [6.45, 7) is 6.39. The number of nitrogens with one attached hydrogen (secondary N) is 1. The molecule has 0 aliphatic carbocycles. The quantitative estimate of drug-likeness (QED) is 0.755. The third kappa shape index (κ3) is 9.06. The van der Waals surface area contributed by atoms with Gasteiger partial charge in [0, 0.05) is 0 Å². The Hall–Kier alpha value is -2.66. The average Bonchev–Trinajstić information content (AvgIpc) is 2.58. The zero-order chi connectivity index (χ0) is 17.5. The third-order valence-corrected chi connectivity index (χ3v) is 2.63. The Bertz CT molecular complexity index is 533. The Balaban J connectivity index is 0.000000332. The number of aldehydes is 2. The van der Waals surface area contributed by atoms with Crippen molar-refractivity contribution in [1.29, 1.82) is 0 Å². The molecule has 5 heteroatoms. The fourth-order valence-corrected chi connectivity index (χ4v) is 1.42. The van der Waals surface area contributed by atoms with Crippen LogP contribution in [0.25, 0.3) is 0 Å².